The van der Waals surface area contributed by atoms with E-state index in [1.54, 1.807) is 0 Å². The molecule has 2 nitrogen and oxygen atoms in total. The SMILES string of the molecule is CC(C)(C)c1cc(-c2ccccc2)c(N)c(-c2cccc(-c3ccc4sc5ccc(-c6cccc(-c7cc(C(C)(C)C)cc(-c8ccccc8)c7N)c6)cc5c4c3)c2)c1. The van der Waals surface area contributed by atoms with Crippen molar-refractivity contribution in [1.82, 2.24) is 0 Å². The van der Waals surface area contributed by atoms with Gasteiger partial charge in [-0.05, 0) is 127 Å². The molecule has 59 heavy (non-hydrogen) atoms. The molecular weight excluding hydrogens is 733 g/mol. The summed E-state index contributed by atoms with van der Waals surface area (Å²) in [4.78, 5) is 0. The summed E-state index contributed by atoms with van der Waals surface area (Å²) >= 11 is 1.85. The van der Waals surface area contributed by atoms with Crippen LogP contribution in [0.3, 0.4) is 0 Å². The molecule has 0 saturated heterocycles. The van der Waals surface area contributed by atoms with Gasteiger partial charge >= 0.3 is 0 Å². The van der Waals surface area contributed by atoms with E-state index in [-0.39, 0.29) is 10.8 Å². The second kappa shape index (κ2) is 14.8. The summed E-state index contributed by atoms with van der Waals surface area (Å²) in [5.41, 5.74) is 31.6. The van der Waals surface area contributed by atoms with Gasteiger partial charge in [0.25, 0.3) is 0 Å². The molecule has 0 spiro atoms. The van der Waals surface area contributed by atoms with E-state index in [2.05, 4.69) is 211 Å². The number of anilines is 2. The van der Waals surface area contributed by atoms with Crippen LogP contribution in [0.15, 0.2) is 170 Å². The van der Waals surface area contributed by atoms with E-state index in [9.17, 15) is 0 Å². The zero-order chi connectivity index (χ0) is 41.1. The molecule has 1 heterocycles. The van der Waals surface area contributed by atoms with Crippen molar-refractivity contribution in [3.63, 3.8) is 0 Å². The molecule has 9 aromatic rings. The van der Waals surface area contributed by atoms with Crippen molar-refractivity contribution < 1.29 is 0 Å². The zero-order valence-electron chi connectivity index (χ0n) is 34.7. The second-order valence-electron chi connectivity index (χ2n) is 17.9. The van der Waals surface area contributed by atoms with Gasteiger partial charge in [-0.2, -0.15) is 0 Å². The highest BCUT2D eigenvalue weighted by atomic mass is 32.1. The largest absolute Gasteiger partial charge is 0.398 e. The van der Waals surface area contributed by atoms with Crippen LogP contribution in [0.4, 0.5) is 11.4 Å². The highest BCUT2D eigenvalue weighted by molar-refractivity contribution is 7.25. The van der Waals surface area contributed by atoms with E-state index >= 15 is 0 Å². The lowest BCUT2D eigenvalue weighted by Crippen LogP contribution is -2.12. The van der Waals surface area contributed by atoms with Crippen LogP contribution < -0.4 is 11.5 Å². The Kier molecular flexibility index (Phi) is 9.53. The number of thiophene rings is 1. The molecule has 0 radical (unpaired) electrons. The standard InChI is InChI=1S/C56H50N2S/c1-55(2,3)43-31-45(35-15-9-7-10-16-35)53(57)47(33-43)41-21-13-19-37(27-41)39-23-25-51-49(29-39)50-30-40(24-26-52(50)59-51)38-20-14-22-42(28-38)48-34-44(56(4,5)6)32-46(54(48)58)36-17-11-8-12-18-36/h7-34H,57-58H2,1-6H3. The van der Waals surface area contributed by atoms with Crippen LogP contribution in [0.5, 0.6) is 0 Å². The molecule has 0 fully saturated rings. The summed E-state index contributed by atoms with van der Waals surface area (Å²) in [6.45, 7) is 13.6. The zero-order valence-corrected chi connectivity index (χ0v) is 35.5. The predicted molar refractivity (Wildman–Crippen MR) is 258 cm³/mol. The molecule has 8 aromatic carbocycles. The number of benzene rings is 8. The second-order valence-corrected chi connectivity index (χ2v) is 19.0. The van der Waals surface area contributed by atoms with Gasteiger partial charge < -0.3 is 11.5 Å². The minimum Gasteiger partial charge on any atom is -0.398 e. The highest BCUT2D eigenvalue weighted by Crippen LogP contribution is 2.44. The Bertz CT molecular complexity index is 2810. The summed E-state index contributed by atoms with van der Waals surface area (Å²) in [5.74, 6) is 0. The Morgan fingerprint density at radius 3 is 1.02 bits per heavy atom. The topological polar surface area (TPSA) is 52.0 Å². The monoisotopic (exact) mass is 782 g/mol. The lowest BCUT2D eigenvalue weighted by atomic mass is 9.82. The first-order valence-corrected chi connectivity index (χ1v) is 21.3. The van der Waals surface area contributed by atoms with E-state index in [4.69, 9.17) is 11.5 Å². The third-order valence-corrected chi connectivity index (χ3v) is 12.9. The number of nitrogen functional groups attached to an aromatic ring is 2. The van der Waals surface area contributed by atoms with Gasteiger partial charge in [0.15, 0.2) is 0 Å². The van der Waals surface area contributed by atoms with E-state index in [1.165, 1.54) is 53.6 Å². The molecule has 0 atom stereocenters. The number of nitrogens with two attached hydrogens (primary N) is 2. The van der Waals surface area contributed by atoms with E-state index in [0.717, 1.165) is 55.9 Å². The first-order valence-electron chi connectivity index (χ1n) is 20.5. The Hall–Kier alpha value is -6.42. The molecular formula is C56H50N2S. The average Bonchev–Trinajstić information content (AvgIpc) is 3.61. The number of hydrogen-bond acceptors (Lipinski definition) is 3. The number of fused-ring (bicyclic) bond motifs is 3. The molecule has 0 unspecified atom stereocenters. The van der Waals surface area contributed by atoms with Crippen LogP contribution in [-0.4, -0.2) is 0 Å². The average molecular weight is 783 g/mol. The van der Waals surface area contributed by atoms with Gasteiger partial charge in [-0.3, -0.25) is 0 Å². The van der Waals surface area contributed by atoms with Gasteiger partial charge in [-0.1, -0.05) is 151 Å². The van der Waals surface area contributed by atoms with Gasteiger partial charge in [0.2, 0.25) is 0 Å². The Balaban J connectivity index is 1.11. The van der Waals surface area contributed by atoms with Gasteiger partial charge in [0.1, 0.15) is 0 Å². The van der Waals surface area contributed by atoms with Crippen molar-refractivity contribution in [3.05, 3.63) is 181 Å². The smallest absolute Gasteiger partial charge is 0.0473 e. The molecule has 290 valence electrons. The first-order chi connectivity index (χ1) is 28.3. The molecule has 0 aliphatic heterocycles. The molecule has 0 aliphatic carbocycles. The van der Waals surface area contributed by atoms with Gasteiger partial charge in [-0.25, -0.2) is 0 Å². The summed E-state index contributed by atoms with van der Waals surface area (Å²) in [6.07, 6.45) is 0. The summed E-state index contributed by atoms with van der Waals surface area (Å²) in [7, 11) is 0. The first kappa shape index (κ1) is 38.1. The summed E-state index contributed by atoms with van der Waals surface area (Å²) in [6, 6.07) is 61.6. The maximum Gasteiger partial charge on any atom is 0.0473 e. The molecule has 9 rings (SSSR count). The van der Waals surface area contributed by atoms with Gasteiger partial charge in [0.05, 0.1) is 0 Å². The molecule has 4 N–H and O–H groups in total. The van der Waals surface area contributed by atoms with Gasteiger partial charge in [-0.15, -0.1) is 11.3 Å². The minimum atomic E-state index is -0.0363. The van der Waals surface area contributed by atoms with Crippen LogP contribution in [0.2, 0.25) is 0 Å². The Labute approximate surface area is 352 Å². The molecule has 0 saturated carbocycles. The van der Waals surface area contributed by atoms with E-state index in [1.807, 2.05) is 11.3 Å². The number of rotatable bonds is 6. The lowest BCUT2D eigenvalue weighted by Gasteiger charge is -2.23. The lowest BCUT2D eigenvalue weighted by molar-refractivity contribution is 0.590. The maximum absolute atomic E-state index is 7.03. The van der Waals surface area contributed by atoms with Crippen LogP contribution >= 0.6 is 11.3 Å². The predicted octanol–water partition coefficient (Wildman–Crippen LogP) is 15.8. The van der Waals surface area contributed by atoms with Gasteiger partial charge in [0, 0.05) is 53.8 Å². The molecule has 0 bridgehead atoms. The molecule has 0 aliphatic rings. The van der Waals surface area contributed by atoms with Crippen molar-refractivity contribution in [1.29, 1.82) is 0 Å². The Morgan fingerprint density at radius 2 is 0.644 bits per heavy atom. The quantitative estimate of drug-likeness (QED) is 0.165. The van der Waals surface area contributed by atoms with Crippen LogP contribution in [-0.2, 0) is 10.8 Å². The fraction of sp³-hybridized carbons (Fsp3) is 0.143. The highest BCUT2D eigenvalue weighted by Gasteiger charge is 2.22. The molecule has 0 amide bonds. The third-order valence-electron chi connectivity index (χ3n) is 11.7. The Morgan fingerprint density at radius 1 is 0.322 bits per heavy atom. The summed E-state index contributed by atoms with van der Waals surface area (Å²) < 4.78 is 2.56. The van der Waals surface area contributed by atoms with Crippen molar-refractivity contribution in [2.45, 2.75) is 52.4 Å². The molecule has 1 aromatic heterocycles. The van der Waals surface area contributed by atoms with Crippen molar-refractivity contribution >= 4 is 42.9 Å². The fourth-order valence-corrected chi connectivity index (χ4v) is 9.30. The van der Waals surface area contributed by atoms with Crippen molar-refractivity contribution in [2.75, 3.05) is 11.5 Å². The maximum atomic E-state index is 7.03. The van der Waals surface area contributed by atoms with Crippen LogP contribution in [0, 0.1) is 0 Å². The number of hydrogen-bond donors (Lipinski definition) is 2. The minimum absolute atomic E-state index is 0.0363. The third kappa shape index (κ3) is 7.32. The van der Waals surface area contributed by atoms with Crippen molar-refractivity contribution in [2.24, 2.45) is 0 Å². The van der Waals surface area contributed by atoms with E-state index in [0.29, 0.717) is 0 Å². The van der Waals surface area contributed by atoms with Crippen molar-refractivity contribution in [3.8, 4) is 66.8 Å². The van der Waals surface area contributed by atoms with Crippen LogP contribution in [0.25, 0.3) is 86.9 Å². The fourth-order valence-electron chi connectivity index (χ4n) is 8.23. The van der Waals surface area contributed by atoms with Crippen LogP contribution in [0.1, 0.15) is 52.7 Å². The van der Waals surface area contributed by atoms with E-state index < -0.39 is 0 Å². The molecule has 3 heteroatoms. The normalized spacial score (nSPS) is 12.0. The summed E-state index contributed by atoms with van der Waals surface area (Å²) in [5, 5.41) is 2.53.